The number of carbonyl (C=O) groups excluding carboxylic acids is 1. The third-order valence-corrected chi connectivity index (χ3v) is 4.41. The third kappa shape index (κ3) is 6.60. The largest absolute Gasteiger partial charge is 0.482 e. The minimum atomic E-state index is -3.62. The number of rotatable bonds is 9. The Morgan fingerprint density at radius 3 is 2.70 bits per heavy atom. The highest BCUT2D eigenvalue weighted by atomic mass is 35.5. The molecule has 0 saturated carbocycles. The van der Waals surface area contributed by atoms with Gasteiger partial charge in [0, 0.05) is 13.1 Å². The summed E-state index contributed by atoms with van der Waals surface area (Å²) >= 11 is 6.02. The standard InChI is InChI=1S/C15H21ClN2O4S/c1-4-7-17-15(19)10-22-14-6-5-12(8-13(14)16)23(20,21)18-9-11(2)3/h4-6,8,11,18H,1,7,9-10H2,2-3H3,(H,17,19). The number of carbonyl (C=O) groups is 1. The molecule has 0 aliphatic heterocycles. The molecular weight excluding hydrogens is 340 g/mol. The number of hydrogen-bond donors (Lipinski definition) is 2. The number of halogens is 1. The Kier molecular flexibility index (Phi) is 7.54. The van der Waals surface area contributed by atoms with E-state index in [9.17, 15) is 13.2 Å². The smallest absolute Gasteiger partial charge is 0.258 e. The van der Waals surface area contributed by atoms with Crippen LogP contribution >= 0.6 is 11.6 Å². The summed E-state index contributed by atoms with van der Waals surface area (Å²) in [4.78, 5) is 11.5. The average molecular weight is 361 g/mol. The van der Waals surface area contributed by atoms with Crippen LogP contribution in [0.5, 0.6) is 5.75 Å². The van der Waals surface area contributed by atoms with Gasteiger partial charge in [0.25, 0.3) is 5.91 Å². The monoisotopic (exact) mass is 360 g/mol. The van der Waals surface area contributed by atoms with E-state index in [1.807, 2.05) is 13.8 Å². The highest BCUT2D eigenvalue weighted by molar-refractivity contribution is 7.89. The van der Waals surface area contributed by atoms with Crippen LogP contribution in [0.3, 0.4) is 0 Å². The molecule has 0 spiro atoms. The first kappa shape index (κ1) is 19.5. The van der Waals surface area contributed by atoms with Crippen molar-refractivity contribution >= 4 is 27.5 Å². The number of amides is 1. The lowest BCUT2D eigenvalue weighted by molar-refractivity contribution is -0.122. The lowest BCUT2D eigenvalue weighted by Gasteiger charge is -2.11. The molecule has 23 heavy (non-hydrogen) atoms. The normalized spacial score (nSPS) is 11.3. The highest BCUT2D eigenvalue weighted by Gasteiger charge is 2.16. The topological polar surface area (TPSA) is 84.5 Å². The molecule has 128 valence electrons. The van der Waals surface area contributed by atoms with Crippen LogP contribution in [-0.2, 0) is 14.8 Å². The maximum absolute atomic E-state index is 12.1. The molecule has 0 fully saturated rings. The van der Waals surface area contributed by atoms with Gasteiger partial charge in [-0.3, -0.25) is 4.79 Å². The summed E-state index contributed by atoms with van der Waals surface area (Å²) in [6, 6.07) is 4.10. The molecule has 6 nitrogen and oxygen atoms in total. The van der Waals surface area contributed by atoms with Crippen molar-refractivity contribution in [1.82, 2.24) is 10.0 Å². The molecule has 0 heterocycles. The third-order valence-electron chi connectivity index (χ3n) is 2.70. The quantitative estimate of drug-likeness (QED) is 0.659. The first-order valence-electron chi connectivity index (χ1n) is 7.06. The number of nitrogens with one attached hydrogen (secondary N) is 2. The van der Waals surface area contributed by atoms with Gasteiger partial charge in [0.2, 0.25) is 10.0 Å². The van der Waals surface area contributed by atoms with Gasteiger partial charge in [-0.1, -0.05) is 31.5 Å². The highest BCUT2D eigenvalue weighted by Crippen LogP contribution is 2.27. The summed E-state index contributed by atoms with van der Waals surface area (Å²) in [7, 11) is -3.62. The van der Waals surface area contributed by atoms with Crippen LogP contribution in [0.25, 0.3) is 0 Å². The van der Waals surface area contributed by atoms with Crippen LogP contribution in [0.2, 0.25) is 5.02 Å². The van der Waals surface area contributed by atoms with E-state index in [0.717, 1.165) is 0 Å². The summed E-state index contributed by atoms with van der Waals surface area (Å²) in [5.74, 6) is 0.108. The van der Waals surface area contributed by atoms with E-state index in [0.29, 0.717) is 13.1 Å². The van der Waals surface area contributed by atoms with Gasteiger partial charge in [0.15, 0.2) is 6.61 Å². The molecule has 0 unspecified atom stereocenters. The van der Waals surface area contributed by atoms with Gasteiger partial charge in [-0.05, 0) is 24.1 Å². The molecule has 2 N–H and O–H groups in total. The minimum absolute atomic E-state index is 0.0478. The van der Waals surface area contributed by atoms with E-state index in [-0.39, 0.29) is 34.1 Å². The number of benzene rings is 1. The summed E-state index contributed by atoms with van der Waals surface area (Å²) in [5.41, 5.74) is 0. The number of ether oxygens (including phenoxy) is 1. The summed E-state index contributed by atoms with van der Waals surface area (Å²) in [5, 5.41) is 2.67. The van der Waals surface area contributed by atoms with Gasteiger partial charge >= 0.3 is 0 Å². The molecule has 0 saturated heterocycles. The predicted octanol–water partition coefficient (Wildman–Crippen LogP) is 1.96. The zero-order chi connectivity index (χ0) is 17.5. The Hall–Kier alpha value is -1.57. The van der Waals surface area contributed by atoms with Crippen LogP contribution < -0.4 is 14.8 Å². The number of sulfonamides is 1. The Bertz CT molecular complexity index is 659. The molecule has 0 aliphatic rings. The zero-order valence-electron chi connectivity index (χ0n) is 13.1. The fraction of sp³-hybridized carbons (Fsp3) is 0.400. The Morgan fingerprint density at radius 1 is 1.43 bits per heavy atom. The molecule has 1 aromatic carbocycles. The van der Waals surface area contributed by atoms with Gasteiger partial charge in [0.05, 0.1) is 9.92 Å². The molecule has 0 aliphatic carbocycles. The van der Waals surface area contributed by atoms with Crippen molar-refractivity contribution in [3.05, 3.63) is 35.9 Å². The van der Waals surface area contributed by atoms with E-state index in [1.165, 1.54) is 18.2 Å². The second kappa shape index (κ2) is 8.90. The van der Waals surface area contributed by atoms with Crippen LogP contribution in [0.15, 0.2) is 35.7 Å². The van der Waals surface area contributed by atoms with Gasteiger partial charge in [0.1, 0.15) is 5.75 Å². The maximum atomic E-state index is 12.1. The second-order valence-corrected chi connectivity index (χ2v) is 7.39. The molecule has 1 aromatic rings. The minimum Gasteiger partial charge on any atom is -0.482 e. The van der Waals surface area contributed by atoms with Crippen molar-refractivity contribution in [2.45, 2.75) is 18.7 Å². The van der Waals surface area contributed by atoms with Crippen LogP contribution in [-0.4, -0.2) is 34.0 Å². The predicted molar refractivity (Wildman–Crippen MR) is 90.2 cm³/mol. The van der Waals surface area contributed by atoms with Crippen molar-refractivity contribution < 1.29 is 17.9 Å². The molecule has 0 bridgehead atoms. The molecular formula is C15H21ClN2O4S. The van der Waals surface area contributed by atoms with Gasteiger partial charge in [-0.25, -0.2) is 13.1 Å². The molecule has 0 atom stereocenters. The molecule has 0 aromatic heterocycles. The van der Waals surface area contributed by atoms with Crippen LogP contribution in [0, 0.1) is 5.92 Å². The zero-order valence-corrected chi connectivity index (χ0v) is 14.7. The summed E-state index contributed by atoms with van der Waals surface area (Å²) in [6.45, 7) is 7.76. The van der Waals surface area contributed by atoms with E-state index in [4.69, 9.17) is 16.3 Å². The van der Waals surface area contributed by atoms with Crippen molar-refractivity contribution in [3.63, 3.8) is 0 Å². The fourth-order valence-corrected chi connectivity index (χ4v) is 3.05. The second-order valence-electron chi connectivity index (χ2n) is 5.22. The first-order chi connectivity index (χ1) is 10.8. The van der Waals surface area contributed by atoms with Gasteiger partial charge in [-0.15, -0.1) is 6.58 Å². The summed E-state index contributed by atoms with van der Waals surface area (Å²) < 4.78 is 32.0. The van der Waals surface area contributed by atoms with Crippen LogP contribution in [0.4, 0.5) is 0 Å². The van der Waals surface area contributed by atoms with Gasteiger partial charge in [-0.2, -0.15) is 0 Å². The Balaban J connectivity index is 2.74. The Labute approximate surface area is 141 Å². The SMILES string of the molecule is C=CCNC(=O)COc1ccc(S(=O)(=O)NCC(C)C)cc1Cl. The molecule has 1 amide bonds. The number of hydrogen-bond acceptors (Lipinski definition) is 4. The van der Waals surface area contributed by atoms with Crippen LogP contribution in [0.1, 0.15) is 13.8 Å². The fourth-order valence-electron chi connectivity index (χ4n) is 1.51. The van der Waals surface area contributed by atoms with E-state index >= 15 is 0 Å². The van der Waals surface area contributed by atoms with Crippen molar-refractivity contribution in [1.29, 1.82) is 0 Å². The Morgan fingerprint density at radius 2 is 2.13 bits per heavy atom. The van der Waals surface area contributed by atoms with E-state index in [1.54, 1.807) is 6.08 Å². The summed E-state index contributed by atoms with van der Waals surface area (Å²) in [6.07, 6.45) is 1.55. The van der Waals surface area contributed by atoms with E-state index < -0.39 is 10.0 Å². The van der Waals surface area contributed by atoms with Crippen molar-refractivity contribution in [2.75, 3.05) is 19.7 Å². The molecule has 0 radical (unpaired) electrons. The lowest BCUT2D eigenvalue weighted by atomic mass is 10.2. The lowest BCUT2D eigenvalue weighted by Crippen LogP contribution is -2.29. The molecule has 1 rings (SSSR count). The first-order valence-corrected chi connectivity index (χ1v) is 8.92. The van der Waals surface area contributed by atoms with Crippen molar-refractivity contribution in [3.8, 4) is 5.75 Å². The maximum Gasteiger partial charge on any atom is 0.258 e. The van der Waals surface area contributed by atoms with Gasteiger partial charge < -0.3 is 10.1 Å². The average Bonchev–Trinajstić information content (AvgIpc) is 2.49. The van der Waals surface area contributed by atoms with E-state index in [2.05, 4.69) is 16.6 Å². The van der Waals surface area contributed by atoms with Crippen molar-refractivity contribution in [2.24, 2.45) is 5.92 Å². The molecule has 8 heteroatoms.